The van der Waals surface area contributed by atoms with Gasteiger partial charge in [-0.25, -0.2) is 0 Å². The predicted octanol–water partition coefficient (Wildman–Crippen LogP) is 4.79. The molecular weight excluding hydrogens is 542 g/mol. The number of anilines is 1. The van der Waals surface area contributed by atoms with Gasteiger partial charge in [-0.3, -0.25) is 14.5 Å². The highest BCUT2D eigenvalue weighted by Crippen LogP contribution is 2.31. The lowest BCUT2D eigenvalue weighted by molar-refractivity contribution is 0.0180. The summed E-state index contributed by atoms with van der Waals surface area (Å²) in [6.45, 7) is 9.41. The molecule has 1 saturated carbocycles. The van der Waals surface area contributed by atoms with Crippen molar-refractivity contribution >= 4 is 17.8 Å². The third kappa shape index (κ3) is 7.98. The highest BCUT2D eigenvalue weighted by atomic mass is 16.5. The Morgan fingerprint density at radius 1 is 1.09 bits per heavy atom. The van der Waals surface area contributed by atoms with E-state index in [1.165, 1.54) is 19.1 Å². The zero-order valence-electron chi connectivity index (χ0n) is 25.3. The van der Waals surface area contributed by atoms with E-state index in [1.807, 2.05) is 32.0 Å². The first-order chi connectivity index (χ1) is 20.9. The van der Waals surface area contributed by atoms with Gasteiger partial charge in [0.1, 0.15) is 0 Å². The molecule has 0 spiro atoms. The highest BCUT2D eigenvalue weighted by molar-refractivity contribution is 6.06. The van der Waals surface area contributed by atoms with Gasteiger partial charge in [-0.2, -0.15) is 0 Å². The molecule has 1 aromatic heterocycles. The zero-order chi connectivity index (χ0) is 30.2. The van der Waals surface area contributed by atoms with Gasteiger partial charge in [0.05, 0.1) is 32.0 Å². The molecule has 3 aromatic rings. The highest BCUT2D eigenvalue weighted by Gasteiger charge is 2.21. The lowest BCUT2D eigenvalue weighted by Crippen LogP contribution is -2.38. The molecule has 5 rings (SSSR count). The molecule has 9 nitrogen and oxygen atoms in total. The molecule has 1 saturated heterocycles. The number of hydrogen-bond donors (Lipinski definition) is 4. The molecule has 1 aliphatic heterocycles. The number of nitrogens with one attached hydrogen (secondary N) is 4. The van der Waals surface area contributed by atoms with Crippen molar-refractivity contribution in [3.63, 3.8) is 0 Å². The summed E-state index contributed by atoms with van der Waals surface area (Å²) in [5.41, 5.74) is 6.63. The number of carbonyl (C=O) groups excluding carboxylic acids is 1. The number of amides is 1. The van der Waals surface area contributed by atoms with Gasteiger partial charge in [-0.1, -0.05) is 37.1 Å². The van der Waals surface area contributed by atoms with E-state index in [0.717, 1.165) is 79.3 Å². The Morgan fingerprint density at radius 3 is 2.53 bits per heavy atom. The van der Waals surface area contributed by atoms with Gasteiger partial charge in [-0.05, 0) is 67.1 Å². The Balaban J connectivity index is 1.34. The van der Waals surface area contributed by atoms with Crippen molar-refractivity contribution in [3.8, 4) is 11.1 Å². The largest absolute Gasteiger partial charge is 0.382 e. The van der Waals surface area contributed by atoms with Gasteiger partial charge in [0.2, 0.25) is 0 Å². The van der Waals surface area contributed by atoms with Gasteiger partial charge in [0, 0.05) is 60.9 Å². The van der Waals surface area contributed by atoms with E-state index < -0.39 is 0 Å². The number of aryl methyl sites for hydroxylation is 2. The maximum absolute atomic E-state index is 13.6. The van der Waals surface area contributed by atoms with Crippen molar-refractivity contribution in [1.29, 1.82) is 5.41 Å². The Hall–Kier alpha value is -3.79. The number of ether oxygens (including phenoxy) is 2. The maximum Gasteiger partial charge on any atom is 0.253 e. The van der Waals surface area contributed by atoms with Crippen LogP contribution < -0.4 is 16.2 Å². The summed E-state index contributed by atoms with van der Waals surface area (Å²) in [5, 5.41) is 14.8. The maximum atomic E-state index is 13.6. The van der Waals surface area contributed by atoms with Crippen LogP contribution in [0.3, 0.4) is 0 Å². The number of rotatable bonds is 12. The molecule has 2 fully saturated rings. The number of carbonyl (C=O) groups is 1. The molecule has 43 heavy (non-hydrogen) atoms. The summed E-state index contributed by atoms with van der Waals surface area (Å²) in [4.78, 5) is 31.3. The topological polar surface area (TPSA) is 120 Å². The number of aromatic amines is 1. The number of morpholine rings is 1. The summed E-state index contributed by atoms with van der Waals surface area (Å²) >= 11 is 0. The third-order valence-corrected chi connectivity index (χ3v) is 8.41. The average Bonchev–Trinajstić information content (AvgIpc) is 3.52. The molecule has 0 bridgehead atoms. The first kappa shape index (κ1) is 30.7. The third-order valence-electron chi connectivity index (χ3n) is 8.41. The molecule has 9 heteroatoms. The summed E-state index contributed by atoms with van der Waals surface area (Å²) in [7, 11) is 0. The summed E-state index contributed by atoms with van der Waals surface area (Å²) < 4.78 is 11.3. The predicted molar refractivity (Wildman–Crippen MR) is 170 cm³/mol. The van der Waals surface area contributed by atoms with Gasteiger partial charge in [0.15, 0.2) is 0 Å². The fourth-order valence-electron chi connectivity index (χ4n) is 5.94. The Labute approximate surface area is 253 Å². The quantitative estimate of drug-likeness (QED) is 0.179. The van der Waals surface area contributed by atoms with Crippen LogP contribution in [0.25, 0.3) is 11.1 Å². The van der Waals surface area contributed by atoms with Crippen LogP contribution in [0.5, 0.6) is 0 Å². The average molecular weight is 586 g/mol. The van der Waals surface area contributed by atoms with E-state index in [0.29, 0.717) is 35.9 Å². The fraction of sp³-hybridized carbons (Fsp3) is 0.441. The minimum Gasteiger partial charge on any atom is -0.382 e. The number of hydrogen-bond acceptors (Lipinski definition) is 7. The molecule has 0 atom stereocenters. The van der Waals surface area contributed by atoms with Crippen LogP contribution in [0.4, 0.5) is 5.69 Å². The molecule has 2 heterocycles. The van der Waals surface area contributed by atoms with Crippen LogP contribution in [0.15, 0.2) is 47.3 Å². The van der Waals surface area contributed by atoms with Crippen molar-refractivity contribution in [3.05, 3.63) is 86.3 Å². The lowest BCUT2D eigenvalue weighted by Gasteiger charge is -2.26. The molecule has 228 valence electrons. The zero-order valence-corrected chi connectivity index (χ0v) is 25.3. The van der Waals surface area contributed by atoms with Crippen molar-refractivity contribution in [2.24, 2.45) is 0 Å². The van der Waals surface area contributed by atoms with Gasteiger partial charge in [0.25, 0.3) is 11.5 Å². The van der Waals surface area contributed by atoms with Crippen LogP contribution in [-0.2, 0) is 22.6 Å². The number of pyridine rings is 1. The normalized spacial score (nSPS) is 15.9. The van der Waals surface area contributed by atoms with Crippen molar-refractivity contribution in [2.45, 2.75) is 58.7 Å². The Morgan fingerprint density at radius 2 is 1.84 bits per heavy atom. The van der Waals surface area contributed by atoms with Gasteiger partial charge < -0.3 is 30.5 Å². The molecule has 4 N–H and O–H groups in total. The van der Waals surface area contributed by atoms with Crippen LogP contribution in [-0.4, -0.2) is 67.5 Å². The summed E-state index contributed by atoms with van der Waals surface area (Å²) in [6.07, 6.45) is 5.73. The second-order valence-corrected chi connectivity index (χ2v) is 11.6. The first-order valence-corrected chi connectivity index (χ1v) is 15.3. The Kier molecular flexibility index (Phi) is 10.4. The van der Waals surface area contributed by atoms with Crippen LogP contribution in [0, 0.1) is 19.3 Å². The molecular formula is C34H43N5O4. The van der Waals surface area contributed by atoms with E-state index in [4.69, 9.17) is 14.9 Å². The molecule has 2 aliphatic rings. The minimum absolute atomic E-state index is 0.105. The van der Waals surface area contributed by atoms with E-state index >= 15 is 0 Å². The monoisotopic (exact) mass is 585 g/mol. The van der Waals surface area contributed by atoms with Gasteiger partial charge >= 0.3 is 0 Å². The minimum atomic E-state index is -0.320. The van der Waals surface area contributed by atoms with E-state index in [2.05, 4.69) is 44.8 Å². The molecule has 1 aliphatic carbocycles. The SMILES string of the molecule is Cc1cc(C)c(CNC(=O)c2cc(-c3ccc(COCCN4CCOCC4)cc3)cc(NC3CCCC3)c2C=N)c(=O)[nH]1. The molecule has 2 aromatic carbocycles. The summed E-state index contributed by atoms with van der Waals surface area (Å²) in [5.74, 6) is -0.320. The van der Waals surface area contributed by atoms with Gasteiger partial charge in [-0.15, -0.1) is 0 Å². The van der Waals surface area contributed by atoms with E-state index in [-0.39, 0.29) is 18.0 Å². The number of H-pyrrole nitrogens is 1. The first-order valence-electron chi connectivity index (χ1n) is 15.3. The van der Waals surface area contributed by atoms with Crippen LogP contribution in [0.1, 0.15) is 64.0 Å². The number of nitrogens with zero attached hydrogens (tertiary/aromatic N) is 1. The van der Waals surface area contributed by atoms with E-state index in [1.54, 1.807) is 0 Å². The number of benzene rings is 2. The number of aromatic nitrogens is 1. The molecule has 0 radical (unpaired) electrons. The van der Waals surface area contributed by atoms with Crippen molar-refractivity contribution in [2.75, 3.05) is 44.8 Å². The fourth-order valence-corrected chi connectivity index (χ4v) is 5.94. The second kappa shape index (κ2) is 14.6. The standard InChI is InChI=1S/C34H43N5O4/c1-23-17-24(2)37-34(41)31(23)21-36-33(40)29-18-27(19-32(30(29)20-35)38-28-5-3-4-6-28)26-9-7-25(8-10-26)22-43-16-13-39-11-14-42-15-12-39/h7-10,17-20,28,35,38H,3-6,11-16,21-22H2,1-2H3,(H,36,40)(H,37,41). The van der Waals surface area contributed by atoms with Crippen molar-refractivity contribution < 1.29 is 14.3 Å². The second-order valence-electron chi connectivity index (χ2n) is 11.6. The lowest BCUT2D eigenvalue weighted by atomic mass is 9.96. The van der Waals surface area contributed by atoms with Crippen LogP contribution in [0.2, 0.25) is 0 Å². The molecule has 1 amide bonds. The van der Waals surface area contributed by atoms with E-state index in [9.17, 15) is 9.59 Å². The molecule has 0 unspecified atom stereocenters. The summed E-state index contributed by atoms with van der Waals surface area (Å²) in [6, 6.07) is 14.3. The van der Waals surface area contributed by atoms with Crippen LogP contribution >= 0.6 is 0 Å². The van der Waals surface area contributed by atoms with Crippen molar-refractivity contribution in [1.82, 2.24) is 15.2 Å². The smallest absolute Gasteiger partial charge is 0.253 e. The Bertz CT molecular complexity index is 1470.